The van der Waals surface area contributed by atoms with Crippen molar-refractivity contribution in [3.8, 4) is 11.6 Å². The second-order valence-electron chi connectivity index (χ2n) is 6.62. The van der Waals surface area contributed by atoms with Gasteiger partial charge in [0.05, 0.1) is 36.5 Å². The molecular formula is C16H19ClF2N4O3S. The Bertz CT molecular complexity index is 889. The first kappa shape index (κ1) is 20.0. The first-order valence-electron chi connectivity index (χ1n) is 8.26. The molecule has 148 valence electrons. The van der Waals surface area contributed by atoms with Gasteiger partial charge >= 0.3 is 0 Å². The molecule has 0 saturated heterocycles. The Hall–Kier alpha value is -1.78. The Kier molecular flexibility index (Phi) is 5.68. The molecule has 1 N–H and O–H groups in total. The van der Waals surface area contributed by atoms with Crippen LogP contribution in [0.5, 0.6) is 5.75 Å². The van der Waals surface area contributed by atoms with E-state index in [1.54, 1.807) is 18.3 Å². The molecule has 3 rings (SSSR count). The number of halogens is 3. The van der Waals surface area contributed by atoms with E-state index in [0.717, 1.165) is 6.26 Å². The fraction of sp³-hybridized carbons (Fsp3) is 0.500. The van der Waals surface area contributed by atoms with Gasteiger partial charge in [-0.15, -0.1) is 0 Å². The smallest absolute Gasteiger partial charge is 0.248 e. The fourth-order valence-corrected chi connectivity index (χ4v) is 4.05. The highest BCUT2D eigenvalue weighted by molar-refractivity contribution is 7.88. The zero-order chi connectivity index (χ0) is 19.7. The van der Waals surface area contributed by atoms with Crippen molar-refractivity contribution in [3.63, 3.8) is 0 Å². The molecule has 0 radical (unpaired) electrons. The monoisotopic (exact) mass is 420 g/mol. The van der Waals surface area contributed by atoms with Gasteiger partial charge in [-0.1, -0.05) is 11.6 Å². The molecule has 0 bridgehead atoms. The highest BCUT2D eigenvalue weighted by Gasteiger charge is 2.42. The van der Waals surface area contributed by atoms with Gasteiger partial charge in [0, 0.05) is 24.8 Å². The van der Waals surface area contributed by atoms with E-state index in [1.807, 2.05) is 0 Å². The Balaban J connectivity index is 1.65. The average Bonchev–Trinajstić information content (AvgIpc) is 3.01. The zero-order valence-corrected chi connectivity index (χ0v) is 16.1. The lowest BCUT2D eigenvalue weighted by molar-refractivity contribution is -0.0660. The van der Waals surface area contributed by atoms with E-state index in [-0.39, 0.29) is 19.4 Å². The minimum absolute atomic E-state index is 0.0442. The maximum Gasteiger partial charge on any atom is 0.248 e. The van der Waals surface area contributed by atoms with Gasteiger partial charge in [0.15, 0.2) is 5.82 Å². The molecule has 11 heteroatoms. The Morgan fingerprint density at radius 1 is 1.41 bits per heavy atom. The summed E-state index contributed by atoms with van der Waals surface area (Å²) >= 11 is 5.81. The maximum atomic E-state index is 13.8. The lowest BCUT2D eigenvalue weighted by Gasteiger charge is -2.35. The number of nitrogens with one attached hydrogen (secondary N) is 1. The van der Waals surface area contributed by atoms with Crippen LogP contribution in [0.3, 0.4) is 0 Å². The van der Waals surface area contributed by atoms with Crippen LogP contribution >= 0.6 is 11.6 Å². The van der Waals surface area contributed by atoms with Gasteiger partial charge in [-0.3, -0.25) is 0 Å². The molecule has 0 amide bonds. The molecule has 2 aromatic heterocycles. The van der Waals surface area contributed by atoms with Crippen molar-refractivity contribution in [1.82, 2.24) is 19.5 Å². The van der Waals surface area contributed by atoms with Crippen molar-refractivity contribution in [2.24, 2.45) is 5.92 Å². The van der Waals surface area contributed by atoms with Crippen LogP contribution in [-0.4, -0.2) is 48.0 Å². The number of rotatable bonds is 6. The summed E-state index contributed by atoms with van der Waals surface area (Å²) in [6.45, 7) is -0.0442. The molecule has 0 spiro atoms. The summed E-state index contributed by atoms with van der Waals surface area (Å²) in [6, 6.07) is 2.70. The van der Waals surface area contributed by atoms with E-state index in [1.165, 1.54) is 17.1 Å². The second kappa shape index (κ2) is 7.69. The summed E-state index contributed by atoms with van der Waals surface area (Å²) in [6.07, 6.45) is 4.82. The molecule has 1 aliphatic carbocycles. The number of hydrogen-bond acceptors (Lipinski definition) is 5. The van der Waals surface area contributed by atoms with E-state index in [9.17, 15) is 17.2 Å². The van der Waals surface area contributed by atoms with Gasteiger partial charge < -0.3 is 4.74 Å². The van der Waals surface area contributed by atoms with Gasteiger partial charge in [0.1, 0.15) is 5.75 Å². The average molecular weight is 421 g/mol. The van der Waals surface area contributed by atoms with Crippen LogP contribution in [0.15, 0.2) is 30.7 Å². The van der Waals surface area contributed by atoms with Crippen molar-refractivity contribution in [3.05, 3.63) is 35.7 Å². The molecule has 2 atom stereocenters. The van der Waals surface area contributed by atoms with Crippen LogP contribution < -0.4 is 9.46 Å². The highest BCUT2D eigenvalue weighted by atomic mass is 35.5. The minimum atomic E-state index is -3.49. The van der Waals surface area contributed by atoms with E-state index in [0.29, 0.717) is 16.6 Å². The number of ether oxygens (including phenoxy) is 1. The number of aromatic nitrogens is 3. The summed E-state index contributed by atoms with van der Waals surface area (Å²) in [5.74, 6) is -2.56. The SMILES string of the molecule is CS(=O)(=O)N[C@H]1CCC(F)(F)C[C@@H]1COc1ccc(-n2cc(Cl)cn2)nc1. The lowest BCUT2D eigenvalue weighted by atomic mass is 9.83. The molecule has 7 nitrogen and oxygen atoms in total. The summed E-state index contributed by atoms with van der Waals surface area (Å²) in [4.78, 5) is 4.19. The molecule has 1 saturated carbocycles. The van der Waals surface area contributed by atoms with Gasteiger partial charge in [-0.05, 0) is 18.6 Å². The van der Waals surface area contributed by atoms with Crippen molar-refractivity contribution in [1.29, 1.82) is 0 Å². The lowest BCUT2D eigenvalue weighted by Crippen LogP contribution is -2.48. The molecule has 1 aliphatic rings. The Labute approximate surface area is 160 Å². The summed E-state index contributed by atoms with van der Waals surface area (Å²) < 4.78 is 60.0. The predicted molar refractivity (Wildman–Crippen MR) is 95.9 cm³/mol. The standard InChI is InChI=1S/C16H19ClF2N4O3S/c1-27(24,25)22-14-4-5-16(18,19)6-11(14)10-26-13-2-3-15(20-8-13)23-9-12(17)7-21-23/h2-3,7-9,11,14,22H,4-6,10H2,1H3/t11-,14+/m1/s1. The topological polar surface area (TPSA) is 86.1 Å². The van der Waals surface area contributed by atoms with Crippen molar-refractivity contribution >= 4 is 21.6 Å². The van der Waals surface area contributed by atoms with Gasteiger partial charge in [0.2, 0.25) is 15.9 Å². The number of hydrogen-bond donors (Lipinski definition) is 1. The van der Waals surface area contributed by atoms with E-state index >= 15 is 0 Å². The third-order valence-corrected chi connectivity index (χ3v) is 5.21. The van der Waals surface area contributed by atoms with Gasteiger partial charge in [0.25, 0.3) is 0 Å². The number of alkyl halides is 2. The van der Waals surface area contributed by atoms with E-state index in [4.69, 9.17) is 16.3 Å². The van der Waals surface area contributed by atoms with Crippen molar-refractivity contribution in [2.45, 2.75) is 31.2 Å². The molecule has 0 unspecified atom stereocenters. The number of pyridine rings is 1. The first-order valence-corrected chi connectivity index (χ1v) is 10.5. The third-order valence-electron chi connectivity index (χ3n) is 4.29. The maximum absolute atomic E-state index is 13.8. The zero-order valence-electron chi connectivity index (χ0n) is 14.5. The van der Waals surface area contributed by atoms with Crippen molar-refractivity contribution < 1.29 is 21.9 Å². The van der Waals surface area contributed by atoms with Crippen LogP contribution in [0.1, 0.15) is 19.3 Å². The van der Waals surface area contributed by atoms with Crippen molar-refractivity contribution in [2.75, 3.05) is 12.9 Å². The second-order valence-corrected chi connectivity index (χ2v) is 8.84. The largest absolute Gasteiger partial charge is 0.492 e. The van der Waals surface area contributed by atoms with Crippen LogP contribution in [0, 0.1) is 5.92 Å². The molecule has 2 aromatic rings. The van der Waals surface area contributed by atoms with E-state index < -0.39 is 34.3 Å². The summed E-state index contributed by atoms with van der Waals surface area (Å²) in [5, 5.41) is 4.50. The van der Waals surface area contributed by atoms with Gasteiger partial charge in [-0.2, -0.15) is 5.10 Å². The van der Waals surface area contributed by atoms with Crippen LogP contribution in [0.4, 0.5) is 8.78 Å². The predicted octanol–water partition coefficient (Wildman–Crippen LogP) is 2.65. The normalized spacial score (nSPS) is 22.5. The highest BCUT2D eigenvalue weighted by Crippen LogP contribution is 2.37. The first-order chi connectivity index (χ1) is 12.6. The van der Waals surface area contributed by atoms with Crippen LogP contribution in [-0.2, 0) is 10.0 Å². The molecule has 0 aliphatic heterocycles. The van der Waals surface area contributed by atoms with Crippen LogP contribution in [0.25, 0.3) is 5.82 Å². The Morgan fingerprint density at radius 3 is 2.78 bits per heavy atom. The number of nitrogens with zero attached hydrogens (tertiary/aromatic N) is 3. The molecule has 27 heavy (non-hydrogen) atoms. The van der Waals surface area contributed by atoms with Gasteiger partial charge in [-0.25, -0.2) is 31.6 Å². The van der Waals surface area contributed by atoms with E-state index in [2.05, 4.69) is 14.8 Å². The quantitative estimate of drug-likeness (QED) is 0.776. The Morgan fingerprint density at radius 2 is 2.19 bits per heavy atom. The fourth-order valence-electron chi connectivity index (χ4n) is 3.06. The molecular weight excluding hydrogens is 402 g/mol. The summed E-state index contributed by atoms with van der Waals surface area (Å²) in [5.41, 5.74) is 0. The molecule has 2 heterocycles. The molecule has 0 aromatic carbocycles. The number of sulfonamides is 1. The third kappa shape index (κ3) is 5.60. The minimum Gasteiger partial charge on any atom is -0.492 e. The van der Waals surface area contributed by atoms with Crippen LogP contribution in [0.2, 0.25) is 5.02 Å². The molecule has 1 fully saturated rings. The summed E-state index contributed by atoms with van der Waals surface area (Å²) in [7, 11) is -3.49.